The number of nitrogens with one attached hydrogen (secondary N) is 2. The van der Waals surface area contributed by atoms with Gasteiger partial charge in [0, 0.05) is 11.6 Å². The Hall–Kier alpha value is -2.17. The number of amides is 2. The Balaban J connectivity index is 2.60. The van der Waals surface area contributed by atoms with Crippen LogP contribution < -0.4 is 10.6 Å². The summed E-state index contributed by atoms with van der Waals surface area (Å²) in [6.45, 7) is 4.83. The first kappa shape index (κ1) is 15.9. The van der Waals surface area contributed by atoms with Crippen molar-refractivity contribution in [3.63, 3.8) is 0 Å². The predicted octanol–water partition coefficient (Wildman–Crippen LogP) is 1.74. The molecule has 0 fully saturated rings. The number of hydrogen-bond donors (Lipinski definition) is 2. The van der Waals surface area contributed by atoms with E-state index in [2.05, 4.69) is 10.6 Å². The van der Waals surface area contributed by atoms with E-state index < -0.39 is 6.04 Å². The van der Waals surface area contributed by atoms with Gasteiger partial charge in [-0.2, -0.15) is 0 Å². The minimum atomic E-state index is -0.784. The molecule has 0 heterocycles. The smallest absolute Gasteiger partial charge is 0.226 e. The molecule has 0 aromatic heterocycles. The molecule has 5 heteroatoms. The molecule has 0 aliphatic heterocycles. The molecule has 0 spiro atoms. The first-order valence-electron chi connectivity index (χ1n) is 6.56. The zero-order chi connectivity index (χ0) is 15.1. The van der Waals surface area contributed by atoms with E-state index >= 15 is 0 Å². The van der Waals surface area contributed by atoms with Crippen molar-refractivity contribution in [1.82, 2.24) is 5.32 Å². The Morgan fingerprint density at radius 3 is 2.20 bits per heavy atom. The molecule has 108 valence electrons. The molecule has 1 atom stereocenters. The highest BCUT2D eigenvalue weighted by Crippen LogP contribution is 2.07. The van der Waals surface area contributed by atoms with Crippen LogP contribution >= 0.6 is 0 Å². The third-order valence-corrected chi connectivity index (χ3v) is 2.78. The van der Waals surface area contributed by atoms with Crippen molar-refractivity contribution < 1.29 is 14.4 Å². The third kappa shape index (κ3) is 5.22. The van der Waals surface area contributed by atoms with Crippen molar-refractivity contribution in [2.24, 2.45) is 5.92 Å². The third-order valence-electron chi connectivity index (χ3n) is 2.78. The molecule has 0 bridgehead atoms. The number of Topliss-reactive ketones (excluding diaryl/α,β-unsaturated/α-hetero) is 1. The molecule has 0 aliphatic rings. The highest BCUT2D eigenvalue weighted by atomic mass is 16.2. The quantitative estimate of drug-likeness (QED) is 0.831. The highest BCUT2D eigenvalue weighted by molar-refractivity contribution is 5.97. The second-order valence-electron chi connectivity index (χ2n) is 4.94. The minimum absolute atomic E-state index is 0.0668. The summed E-state index contributed by atoms with van der Waals surface area (Å²) in [6, 6.07) is 8.18. The van der Waals surface area contributed by atoms with Gasteiger partial charge in [-0.25, -0.2) is 0 Å². The predicted molar refractivity (Wildman–Crippen MR) is 77.1 cm³/mol. The van der Waals surface area contributed by atoms with E-state index in [1.165, 1.54) is 6.92 Å². The minimum Gasteiger partial charge on any atom is -0.346 e. The van der Waals surface area contributed by atoms with Gasteiger partial charge in [-0.1, -0.05) is 32.0 Å². The molecule has 0 saturated heterocycles. The number of benzene rings is 1. The lowest BCUT2D eigenvalue weighted by Crippen LogP contribution is -2.43. The molecule has 1 aromatic carbocycles. The van der Waals surface area contributed by atoms with Gasteiger partial charge in [0.25, 0.3) is 0 Å². The van der Waals surface area contributed by atoms with Crippen molar-refractivity contribution in [2.45, 2.75) is 33.2 Å². The fourth-order valence-corrected chi connectivity index (χ4v) is 1.55. The van der Waals surface area contributed by atoms with Crippen LogP contribution in [0.3, 0.4) is 0 Å². The molecule has 1 unspecified atom stereocenters. The lowest BCUT2D eigenvalue weighted by molar-refractivity contribution is -0.130. The van der Waals surface area contributed by atoms with Gasteiger partial charge in [-0.05, 0) is 19.1 Å². The van der Waals surface area contributed by atoms with Gasteiger partial charge in [0.2, 0.25) is 11.8 Å². The average molecular weight is 276 g/mol. The molecule has 20 heavy (non-hydrogen) atoms. The molecule has 1 rings (SSSR count). The SMILES string of the molecule is CC(=O)C(CC(=O)Nc1ccccc1)NC(=O)C(C)C. The van der Waals surface area contributed by atoms with Crippen molar-refractivity contribution in [3.05, 3.63) is 30.3 Å². The second-order valence-corrected chi connectivity index (χ2v) is 4.94. The van der Waals surface area contributed by atoms with Crippen LogP contribution in [0.25, 0.3) is 0 Å². The number of ketones is 1. The van der Waals surface area contributed by atoms with E-state index in [1.54, 1.807) is 38.1 Å². The Morgan fingerprint density at radius 1 is 1.10 bits per heavy atom. The Kier molecular flexibility index (Phi) is 5.90. The summed E-state index contributed by atoms with van der Waals surface area (Å²) < 4.78 is 0. The highest BCUT2D eigenvalue weighted by Gasteiger charge is 2.21. The fourth-order valence-electron chi connectivity index (χ4n) is 1.55. The molecule has 5 nitrogen and oxygen atoms in total. The number of para-hydroxylation sites is 1. The van der Waals surface area contributed by atoms with Crippen LogP contribution in [0.15, 0.2) is 30.3 Å². The van der Waals surface area contributed by atoms with Gasteiger partial charge < -0.3 is 10.6 Å². The van der Waals surface area contributed by atoms with E-state index in [-0.39, 0.29) is 29.9 Å². The molecule has 2 N–H and O–H groups in total. The number of carbonyl (C=O) groups excluding carboxylic acids is 3. The second kappa shape index (κ2) is 7.43. The first-order valence-corrected chi connectivity index (χ1v) is 6.56. The van der Waals surface area contributed by atoms with E-state index in [1.807, 2.05) is 6.07 Å². The van der Waals surface area contributed by atoms with E-state index in [4.69, 9.17) is 0 Å². The summed E-state index contributed by atoms with van der Waals surface area (Å²) in [5.41, 5.74) is 0.662. The van der Waals surface area contributed by atoms with Crippen molar-refractivity contribution in [2.75, 3.05) is 5.32 Å². The van der Waals surface area contributed by atoms with Crippen LogP contribution in [-0.4, -0.2) is 23.6 Å². The number of rotatable bonds is 6. The first-order chi connectivity index (χ1) is 9.40. The number of carbonyl (C=O) groups is 3. The average Bonchev–Trinajstić information content (AvgIpc) is 2.38. The van der Waals surface area contributed by atoms with Gasteiger partial charge in [0.15, 0.2) is 5.78 Å². The van der Waals surface area contributed by atoms with E-state index in [0.29, 0.717) is 5.69 Å². The lowest BCUT2D eigenvalue weighted by Gasteiger charge is -2.17. The summed E-state index contributed by atoms with van der Waals surface area (Å²) in [6.07, 6.45) is -0.0668. The zero-order valence-corrected chi connectivity index (χ0v) is 12.0. The van der Waals surface area contributed by atoms with Gasteiger partial charge in [-0.15, -0.1) is 0 Å². The molecule has 0 saturated carbocycles. The van der Waals surface area contributed by atoms with Crippen LogP contribution in [0.2, 0.25) is 0 Å². The van der Waals surface area contributed by atoms with Crippen LogP contribution in [0.1, 0.15) is 27.2 Å². The summed E-state index contributed by atoms with van der Waals surface area (Å²) in [7, 11) is 0. The van der Waals surface area contributed by atoms with E-state index in [0.717, 1.165) is 0 Å². The van der Waals surface area contributed by atoms with Crippen molar-refractivity contribution in [1.29, 1.82) is 0 Å². The lowest BCUT2D eigenvalue weighted by atomic mass is 10.1. The van der Waals surface area contributed by atoms with Gasteiger partial charge >= 0.3 is 0 Å². The topological polar surface area (TPSA) is 75.3 Å². The maximum absolute atomic E-state index is 11.9. The van der Waals surface area contributed by atoms with Gasteiger partial charge in [-0.3, -0.25) is 14.4 Å². The fraction of sp³-hybridized carbons (Fsp3) is 0.400. The summed E-state index contributed by atoms with van der Waals surface area (Å²) in [5.74, 6) is -1.01. The van der Waals surface area contributed by atoms with Crippen molar-refractivity contribution in [3.8, 4) is 0 Å². The summed E-state index contributed by atoms with van der Waals surface area (Å²) in [5, 5.41) is 5.27. The summed E-state index contributed by atoms with van der Waals surface area (Å²) >= 11 is 0. The number of hydrogen-bond acceptors (Lipinski definition) is 3. The van der Waals surface area contributed by atoms with Crippen LogP contribution in [0, 0.1) is 5.92 Å². The van der Waals surface area contributed by atoms with Gasteiger partial charge in [0.1, 0.15) is 0 Å². The Morgan fingerprint density at radius 2 is 1.70 bits per heavy atom. The monoisotopic (exact) mass is 276 g/mol. The van der Waals surface area contributed by atoms with E-state index in [9.17, 15) is 14.4 Å². The maximum atomic E-state index is 11.9. The molecule has 2 amide bonds. The Bertz CT molecular complexity index is 483. The summed E-state index contributed by atoms with van der Waals surface area (Å²) in [4.78, 5) is 35.0. The molecular weight excluding hydrogens is 256 g/mol. The normalized spacial score (nSPS) is 11.8. The number of anilines is 1. The van der Waals surface area contributed by atoms with Crippen molar-refractivity contribution >= 4 is 23.3 Å². The molecule has 0 aliphatic carbocycles. The van der Waals surface area contributed by atoms with Crippen LogP contribution in [-0.2, 0) is 14.4 Å². The zero-order valence-electron chi connectivity index (χ0n) is 12.0. The maximum Gasteiger partial charge on any atom is 0.226 e. The molecule has 0 radical (unpaired) electrons. The van der Waals surface area contributed by atoms with Crippen LogP contribution in [0.5, 0.6) is 0 Å². The largest absolute Gasteiger partial charge is 0.346 e. The molecule has 1 aromatic rings. The Labute approximate surface area is 118 Å². The van der Waals surface area contributed by atoms with Gasteiger partial charge in [0.05, 0.1) is 12.5 Å². The molecular formula is C15H20N2O3. The standard InChI is InChI=1S/C15H20N2O3/c1-10(2)15(20)17-13(11(3)18)9-14(19)16-12-7-5-4-6-8-12/h4-8,10,13H,9H2,1-3H3,(H,16,19)(H,17,20). The van der Waals surface area contributed by atoms with Crippen LogP contribution in [0.4, 0.5) is 5.69 Å².